The van der Waals surface area contributed by atoms with Crippen LogP contribution >= 0.6 is 0 Å². The van der Waals surface area contributed by atoms with Crippen molar-refractivity contribution in [2.75, 3.05) is 41.8 Å². The van der Waals surface area contributed by atoms with Crippen LogP contribution in [0.1, 0.15) is 12.0 Å². The van der Waals surface area contributed by atoms with E-state index >= 15 is 0 Å². The van der Waals surface area contributed by atoms with Crippen LogP contribution in [0, 0.1) is 23.2 Å². The van der Waals surface area contributed by atoms with E-state index in [1.807, 2.05) is 30.3 Å². The molecule has 2 atom stereocenters. The fraction of sp³-hybridized carbons (Fsp3) is 0.318. The lowest BCUT2D eigenvalue weighted by atomic mass is 10.2. The van der Waals surface area contributed by atoms with Crippen LogP contribution < -0.4 is 15.5 Å². The summed E-state index contributed by atoms with van der Waals surface area (Å²) in [4.78, 5) is 27.4. The van der Waals surface area contributed by atoms with E-state index in [-0.39, 0.29) is 23.7 Å². The third-order valence-electron chi connectivity index (χ3n) is 5.24. The van der Waals surface area contributed by atoms with Crippen LogP contribution in [0.15, 0.2) is 48.5 Å². The first-order valence-electron chi connectivity index (χ1n) is 9.69. The lowest BCUT2D eigenvalue weighted by Crippen LogP contribution is -2.36. The van der Waals surface area contributed by atoms with Crippen LogP contribution in [0.25, 0.3) is 0 Å². The van der Waals surface area contributed by atoms with E-state index in [0.717, 1.165) is 24.5 Å². The molecule has 7 heteroatoms. The molecular formula is C22H22N4O3. The first kappa shape index (κ1) is 19.0. The molecule has 2 unspecified atom stereocenters. The van der Waals surface area contributed by atoms with Crippen LogP contribution in [-0.4, -0.2) is 38.1 Å². The van der Waals surface area contributed by atoms with Gasteiger partial charge in [-0.25, -0.2) is 0 Å². The van der Waals surface area contributed by atoms with E-state index in [1.54, 1.807) is 24.3 Å². The topological polar surface area (TPSA) is 94.5 Å². The summed E-state index contributed by atoms with van der Waals surface area (Å²) in [6, 6.07) is 16.5. The van der Waals surface area contributed by atoms with Crippen molar-refractivity contribution >= 4 is 28.9 Å². The number of nitrogens with zero attached hydrogens (tertiary/aromatic N) is 2. The van der Waals surface area contributed by atoms with Gasteiger partial charge in [0.2, 0.25) is 11.8 Å². The number of anilines is 3. The number of para-hydroxylation sites is 2. The Labute approximate surface area is 169 Å². The number of carbonyl (C=O) groups excluding carboxylic acids is 2. The Morgan fingerprint density at radius 2 is 1.72 bits per heavy atom. The number of hydrogen-bond donors (Lipinski definition) is 2. The van der Waals surface area contributed by atoms with Gasteiger partial charge in [0.1, 0.15) is 0 Å². The summed E-state index contributed by atoms with van der Waals surface area (Å²) in [6.45, 7) is 2.90. The number of amides is 2. The number of carbonyl (C=O) groups is 2. The summed E-state index contributed by atoms with van der Waals surface area (Å²) >= 11 is 0. The molecule has 0 radical (unpaired) electrons. The maximum absolute atomic E-state index is 12.7. The highest BCUT2D eigenvalue weighted by atomic mass is 16.5. The minimum Gasteiger partial charge on any atom is -0.378 e. The molecule has 1 aliphatic carbocycles. The quantitative estimate of drug-likeness (QED) is 0.818. The summed E-state index contributed by atoms with van der Waals surface area (Å²) in [5.41, 5.74) is 2.77. The average Bonchev–Trinajstić information content (AvgIpc) is 3.56. The van der Waals surface area contributed by atoms with Crippen molar-refractivity contribution in [1.82, 2.24) is 0 Å². The zero-order valence-electron chi connectivity index (χ0n) is 15.9. The Morgan fingerprint density at radius 3 is 2.48 bits per heavy atom. The predicted molar refractivity (Wildman–Crippen MR) is 109 cm³/mol. The van der Waals surface area contributed by atoms with E-state index in [4.69, 9.17) is 10.00 Å². The van der Waals surface area contributed by atoms with E-state index in [0.29, 0.717) is 30.9 Å². The van der Waals surface area contributed by atoms with E-state index in [2.05, 4.69) is 15.5 Å². The van der Waals surface area contributed by atoms with Crippen LogP contribution in [-0.2, 0) is 14.3 Å². The van der Waals surface area contributed by atoms with Gasteiger partial charge in [-0.2, -0.15) is 5.26 Å². The minimum absolute atomic E-state index is 0.142. The Kier molecular flexibility index (Phi) is 5.45. The van der Waals surface area contributed by atoms with Gasteiger partial charge in [0.15, 0.2) is 0 Å². The van der Waals surface area contributed by atoms with Crippen molar-refractivity contribution < 1.29 is 14.3 Å². The van der Waals surface area contributed by atoms with Gasteiger partial charge in [0.25, 0.3) is 0 Å². The van der Waals surface area contributed by atoms with Crippen LogP contribution in [0.2, 0.25) is 0 Å². The monoisotopic (exact) mass is 390 g/mol. The molecule has 0 spiro atoms. The van der Waals surface area contributed by atoms with Gasteiger partial charge in [-0.05, 0) is 36.8 Å². The zero-order chi connectivity index (χ0) is 20.2. The number of benzene rings is 2. The van der Waals surface area contributed by atoms with Gasteiger partial charge in [-0.3, -0.25) is 9.59 Å². The second kappa shape index (κ2) is 8.33. The van der Waals surface area contributed by atoms with Crippen LogP contribution in [0.5, 0.6) is 0 Å². The highest BCUT2D eigenvalue weighted by Gasteiger charge is 2.48. The molecule has 0 aromatic heterocycles. The van der Waals surface area contributed by atoms with Gasteiger partial charge >= 0.3 is 0 Å². The first-order chi connectivity index (χ1) is 14.2. The van der Waals surface area contributed by atoms with Gasteiger partial charge in [0.05, 0.1) is 48.1 Å². The molecule has 148 valence electrons. The minimum atomic E-state index is -0.351. The maximum atomic E-state index is 12.7. The molecule has 2 N–H and O–H groups in total. The normalized spacial score (nSPS) is 20.4. The standard InChI is InChI=1S/C22H22N4O3/c23-14-15-4-3-5-16(12-15)24-21(27)17-13-18(17)22(28)25-19-6-1-2-7-20(19)26-8-10-29-11-9-26/h1-7,12,17-18H,8-11,13H2,(H,24,27)(H,25,28). The Hall–Kier alpha value is -3.37. The summed E-state index contributed by atoms with van der Waals surface area (Å²) < 4.78 is 5.40. The predicted octanol–water partition coefficient (Wildman–Crippen LogP) is 2.61. The highest BCUT2D eigenvalue weighted by Crippen LogP contribution is 2.41. The number of morpholine rings is 1. The smallest absolute Gasteiger partial charge is 0.228 e. The van der Waals surface area contributed by atoms with Crippen molar-refractivity contribution in [3.8, 4) is 6.07 Å². The molecule has 1 saturated carbocycles. The zero-order valence-corrected chi connectivity index (χ0v) is 15.9. The van der Waals surface area contributed by atoms with Crippen molar-refractivity contribution in [2.24, 2.45) is 11.8 Å². The second-order valence-electron chi connectivity index (χ2n) is 7.24. The molecule has 0 bridgehead atoms. The summed E-state index contributed by atoms with van der Waals surface area (Å²) in [5.74, 6) is -1.03. The van der Waals surface area contributed by atoms with Crippen molar-refractivity contribution in [2.45, 2.75) is 6.42 Å². The molecule has 1 saturated heterocycles. The summed E-state index contributed by atoms with van der Waals surface area (Å²) in [6.07, 6.45) is 0.523. The number of ether oxygens (including phenoxy) is 1. The number of nitriles is 1. The number of rotatable bonds is 5. The molecule has 2 aromatic carbocycles. The lowest BCUT2D eigenvalue weighted by molar-refractivity contribution is -0.122. The van der Waals surface area contributed by atoms with Crippen LogP contribution in [0.4, 0.5) is 17.1 Å². The Balaban J connectivity index is 1.37. The Bertz CT molecular complexity index is 963. The van der Waals surface area contributed by atoms with Gasteiger partial charge in [0, 0.05) is 18.8 Å². The molecule has 2 fully saturated rings. The van der Waals surface area contributed by atoms with E-state index in [9.17, 15) is 9.59 Å². The molecule has 2 amide bonds. The average molecular weight is 390 g/mol. The number of hydrogen-bond acceptors (Lipinski definition) is 5. The molecule has 2 aromatic rings. The summed E-state index contributed by atoms with van der Waals surface area (Å²) in [5, 5.41) is 14.8. The van der Waals surface area contributed by atoms with E-state index in [1.165, 1.54) is 0 Å². The van der Waals surface area contributed by atoms with Crippen molar-refractivity contribution in [3.05, 3.63) is 54.1 Å². The second-order valence-corrected chi connectivity index (χ2v) is 7.24. The third kappa shape index (κ3) is 4.39. The summed E-state index contributed by atoms with van der Waals surface area (Å²) in [7, 11) is 0. The van der Waals surface area contributed by atoms with Crippen LogP contribution in [0.3, 0.4) is 0 Å². The maximum Gasteiger partial charge on any atom is 0.228 e. The number of nitrogens with one attached hydrogen (secondary N) is 2. The fourth-order valence-corrected chi connectivity index (χ4v) is 3.56. The molecule has 29 heavy (non-hydrogen) atoms. The third-order valence-corrected chi connectivity index (χ3v) is 5.24. The fourth-order valence-electron chi connectivity index (χ4n) is 3.56. The lowest BCUT2D eigenvalue weighted by Gasteiger charge is -2.30. The molecule has 1 heterocycles. The van der Waals surface area contributed by atoms with Gasteiger partial charge < -0.3 is 20.3 Å². The van der Waals surface area contributed by atoms with Gasteiger partial charge in [-0.1, -0.05) is 18.2 Å². The molecule has 1 aliphatic heterocycles. The molecule has 7 nitrogen and oxygen atoms in total. The SMILES string of the molecule is N#Cc1cccc(NC(=O)C2CC2C(=O)Nc2ccccc2N2CCOCC2)c1. The first-order valence-corrected chi connectivity index (χ1v) is 9.69. The Morgan fingerprint density at radius 1 is 1.00 bits per heavy atom. The molecular weight excluding hydrogens is 368 g/mol. The van der Waals surface area contributed by atoms with Gasteiger partial charge in [-0.15, -0.1) is 0 Å². The van der Waals surface area contributed by atoms with Crippen molar-refractivity contribution in [1.29, 1.82) is 5.26 Å². The van der Waals surface area contributed by atoms with E-state index < -0.39 is 0 Å². The molecule has 2 aliphatic rings. The largest absolute Gasteiger partial charge is 0.378 e. The molecule has 4 rings (SSSR count). The van der Waals surface area contributed by atoms with Crippen molar-refractivity contribution in [3.63, 3.8) is 0 Å². The highest BCUT2D eigenvalue weighted by molar-refractivity contribution is 6.04.